The van der Waals surface area contributed by atoms with Gasteiger partial charge in [0.05, 0.1) is 13.2 Å². The molecule has 6 heteroatoms. The molecule has 0 heterocycles. The number of rotatable bonds is 14. The Morgan fingerprint density at radius 1 is 0.762 bits per heavy atom. The summed E-state index contributed by atoms with van der Waals surface area (Å²) in [6, 6.07) is 0. The summed E-state index contributed by atoms with van der Waals surface area (Å²) in [4.78, 5) is 0. The highest BCUT2D eigenvalue weighted by atomic mass is 16.5. The fourth-order valence-electron chi connectivity index (χ4n) is 2.03. The Labute approximate surface area is 127 Å². The van der Waals surface area contributed by atoms with E-state index in [9.17, 15) is 15.3 Å². The maximum atomic E-state index is 9.60. The van der Waals surface area contributed by atoms with E-state index in [4.69, 9.17) is 14.9 Å². The quantitative estimate of drug-likeness (QED) is 0.293. The fourth-order valence-corrected chi connectivity index (χ4v) is 2.03. The van der Waals surface area contributed by atoms with Crippen LogP contribution in [-0.4, -0.2) is 69.8 Å². The summed E-state index contributed by atoms with van der Waals surface area (Å²) in [6.07, 6.45) is 2.29. The summed E-state index contributed by atoms with van der Waals surface area (Å²) >= 11 is 0. The predicted octanol–water partition coefficient (Wildman–Crippen LogP) is 0.190. The van der Waals surface area contributed by atoms with Gasteiger partial charge in [0, 0.05) is 6.61 Å². The van der Waals surface area contributed by atoms with Crippen LogP contribution in [0.15, 0.2) is 0 Å². The van der Waals surface area contributed by atoms with Gasteiger partial charge < -0.3 is 30.3 Å². The molecule has 0 aromatic heterocycles. The SMILES string of the molecule is CCCCCCCCCOC[C@@H](O)[C@H](O)[C@H](O)[C@@H](O)CO. The first-order chi connectivity index (χ1) is 10.0. The van der Waals surface area contributed by atoms with Crippen LogP contribution < -0.4 is 0 Å². The van der Waals surface area contributed by atoms with Crippen LogP contribution in [-0.2, 0) is 4.74 Å². The average molecular weight is 308 g/mol. The van der Waals surface area contributed by atoms with Gasteiger partial charge >= 0.3 is 0 Å². The van der Waals surface area contributed by atoms with Gasteiger partial charge in [-0.05, 0) is 6.42 Å². The number of aliphatic hydroxyl groups is 5. The lowest BCUT2D eigenvalue weighted by Crippen LogP contribution is -2.47. The highest BCUT2D eigenvalue weighted by molar-refractivity contribution is 4.80. The van der Waals surface area contributed by atoms with Gasteiger partial charge in [-0.15, -0.1) is 0 Å². The first kappa shape index (κ1) is 20.8. The second-order valence-electron chi connectivity index (χ2n) is 5.49. The predicted molar refractivity (Wildman–Crippen MR) is 79.9 cm³/mol. The molecule has 0 amide bonds. The van der Waals surface area contributed by atoms with Crippen LogP contribution in [0.25, 0.3) is 0 Å². The van der Waals surface area contributed by atoms with Gasteiger partial charge in [-0.1, -0.05) is 45.4 Å². The number of hydrogen-bond acceptors (Lipinski definition) is 6. The highest BCUT2D eigenvalue weighted by Crippen LogP contribution is 2.08. The molecule has 6 nitrogen and oxygen atoms in total. The average Bonchev–Trinajstić information content (AvgIpc) is 2.50. The third-order valence-corrected chi connectivity index (χ3v) is 3.51. The van der Waals surface area contributed by atoms with Crippen molar-refractivity contribution in [1.82, 2.24) is 0 Å². The first-order valence-electron chi connectivity index (χ1n) is 7.95. The molecule has 21 heavy (non-hydrogen) atoms. The normalized spacial score (nSPS) is 17.4. The maximum Gasteiger partial charge on any atom is 0.111 e. The maximum absolute atomic E-state index is 9.60. The van der Waals surface area contributed by atoms with Gasteiger partial charge in [0.2, 0.25) is 0 Å². The molecule has 0 saturated carbocycles. The molecule has 128 valence electrons. The van der Waals surface area contributed by atoms with E-state index in [1.165, 1.54) is 32.1 Å². The number of aliphatic hydroxyl groups excluding tert-OH is 5. The van der Waals surface area contributed by atoms with Crippen LogP contribution in [0, 0.1) is 0 Å². The summed E-state index contributed by atoms with van der Waals surface area (Å²) < 4.78 is 5.24. The Bertz CT molecular complexity index is 226. The van der Waals surface area contributed by atoms with Crippen molar-refractivity contribution in [1.29, 1.82) is 0 Å². The van der Waals surface area contributed by atoms with E-state index in [0.717, 1.165) is 12.8 Å². The molecule has 0 aliphatic rings. The zero-order valence-corrected chi connectivity index (χ0v) is 13.0. The van der Waals surface area contributed by atoms with E-state index in [2.05, 4.69) is 6.92 Å². The minimum absolute atomic E-state index is 0.105. The standard InChI is InChI=1S/C15H32O6/c1-2-3-4-5-6-7-8-9-21-11-13(18)15(20)14(19)12(17)10-16/h12-20H,2-11H2,1H3/t12-,13+,14+,15-/m0/s1. The summed E-state index contributed by atoms with van der Waals surface area (Å²) in [5.41, 5.74) is 0. The van der Waals surface area contributed by atoms with Gasteiger partial charge in [0.15, 0.2) is 0 Å². The molecule has 0 radical (unpaired) electrons. The van der Waals surface area contributed by atoms with Gasteiger partial charge in [0.1, 0.15) is 24.4 Å². The molecule has 4 atom stereocenters. The fraction of sp³-hybridized carbons (Fsp3) is 1.00. The second-order valence-corrected chi connectivity index (χ2v) is 5.49. The molecule has 0 fully saturated rings. The van der Waals surface area contributed by atoms with Gasteiger partial charge in [0.25, 0.3) is 0 Å². The molecule has 5 N–H and O–H groups in total. The van der Waals surface area contributed by atoms with E-state index in [0.29, 0.717) is 6.61 Å². The Hall–Kier alpha value is -0.240. The largest absolute Gasteiger partial charge is 0.394 e. The van der Waals surface area contributed by atoms with E-state index in [1.807, 2.05) is 0 Å². The van der Waals surface area contributed by atoms with Crippen LogP contribution in [0.1, 0.15) is 51.9 Å². The molecule has 0 rings (SSSR count). The van der Waals surface area contributed by atoms with E-state index in [1.54, 1.807) is 0 Å². The van der Waals surface area contributed by atoms with Crippen LogP contribution in [0.4, 0.5) is 0 Å². The van der Waals surface area contributed by atoms with Crippen molar-refractivity contribution in [2.24, 2.45) is 0 Å². The molecule has 0 aliphatic heterocycles. The minimum Gasteiger partial charge on any atom is -0.394 e. The molecular formula is C15H32O6. The lowest BCUT2D eigenvalue weighted by molar-refractivity contribution is -0.129. The Morgan fingerprint density at radius 3 is 1.86 bits per heavy atom. The molecule has 0 bridgehead atoms. The van der Waals surface area contributed by atoms with Gasteiger partial charge in [-0.25, -0.2) is 0 Å². The van der Waals surface area contributed by atoms with Gasteiger partial charge in [-0.3, -0.25) is 0 Å². The summed E-state index contributed by atoms with van der Waals surface area (Å²) in [5, 5.41) is 46.4. The first-order valence-corrected chi connectivity index (χ1v) is 7.95. The number of ether oxygens (including phenoxy) is 1. The highest BCUT2D eigenvalue weighted by Gasteiger charge is 2.29. The van der Waals surface area contributed by atoms with E-state index >= 15 is 0 Å². The smallest absolute Gasteiger partial charge is 0.111 e. The van der Waals surface area contributed by atoms with Crippen molar-refractivity contribution in [3.8, 4) is 0 Å². The lowest BCUT2D eigenvalue weighted by atomic mass is 10.0. The number of hydrogen-bond donors (Lipinski definition) is 5. The second kappa shape index (κ2) is 13.4. The van der Waals surface area contributed by atoms with Crippen LogP contribution >= 0.6 is 0 Å². The Morgan fingerprint density at radius 2 is 1.29 bits per heavy atom. The third-order valence-electron chi connectivity index (χ3n) is 3.51. The minimum atomic E-state index is -1.59. The molecule has 0 unspecified atom stereocenters. The van der Waals surface area contributed by atoms with Crippen molar-refractivity contribution in [2.45, 2.75) is 76.3 Å². The Kier molecular flexibility index (Phi) is 13.3. The summed E-state index contributed by atoms with van der Waals surface area (Å²) in [7, 11) is 0. The van der Waals surface area contributed by atoms with Crippen LogP contribution in [0.2, 0.25) is 0 Å². The van der Waals surface area contributed by atoms with Crippen molar-refractivity contribution in [2.75, 3.05) is 19.8 Å². The van der Waals surface area contributed by atoms with Crippen LogP contribution in [0.3, 0.4) is 0 Å². The van der Waals surface area contributed by atoms with E-state index < -0.39 is 31.0 Å². The monoisotopic (exact) mass is 308 g/mol. The van der Waals surface area contributed by atoms with Crippen molar-refractivity contribution in [3.63, 3.8) is 0 Å². The van der Waals surface area contributed by atoms with Gasteiger partial charge in [-0.2, -0.15) is 0 Å². The topological polar surface area (TPSA) is 110 Å². The summed E-state index contributed by atoms with van der Waals surface area (Å²) in [6.45, 7) is 1.90. The van der Waals surface area contributed by atoms with Crippen molar-refractivity contribution >= 4 is 0 Å². The number of unbranched alkanes of at least 4 members (excludes halogenated alkanes) is 6. The molecule has 0 aromatic rings. The zero-order chi connectivity index (χ0) is 16.1. The van der Waals surface area contributed by atoms with Crippen molar-refractivity contribution in [3.05, 3.63) is 0 Å². The third kappa shape index (κ3) is 10.2. The zero-order valence-electron chi connectivity index (χ0n) is 13.0. The molecule has 0 aromatic carbocycles. The van der Waals surface area contributed by atoms with Crippen LogP contribution in [0.5, 0.6) is 0 Å². The summed E-state index contributed by atoms with van der Waals surface area (Å²) in [5.74, 6) is 0. The molecule has 0 aliphatic carbocycles. The molecular weight excluding hydrogens is 276 g/mol. The molecule has 0 spiro atoms. The van der Waals surface area contributed by atoms with Crippen molar-refractivity contribution < 1.29 is 30.3 Å². The Balaban J connectivity index is 3.54. The molecule has 0 saturated heterocycles. The van der Waals surface area contributed by atoms with E-state index in [-0.39, 0.29) is 6.61 Å². The lowest BCUT2D eigenvalue weighted by Gasteiger charge is -2.25.